The van der Waals surface area contributed by atoms with Crippen molar-refractivity contribution in [3.63, 3.8) is 0 Å². The first-order valence-corrected chi connectivity index (χ1v) is 13.6. The summed E-state index contributed by atoms with van der Waals surface area (Å²) < 4.78 is 10.7. The van der Waals surface area contributed by atoms with E-state index in [1.807, 2.05) is 64.1 Å². The van der Waals surface area contributed by atoms with E-state index in [1.54, 1.807) is 29.6 Å². The number of rotatable bonds is 12. The zero-order valence-electron chi connectivity index (χ0n) is 22.2. The number of para-hydroxylation sites is 1. The van der Waals surface area contributed by atoms with Gasteiger partial charge in [0.05, 0.1) is 11.7 Å². The van der Waals surface area contributed by atoms with Crippen LogP contribution in [0.1, 0.15) is 67.6 Å². The second-order valence-electron chi connectivity index (χ2n) is 9.86. The number of aromatic nitrogens is 1. The van der Waals surface area contributed by atoms with Crippen molar-refractivity contribution in [3.8, 4) is 5.75 Å². The maximum atomic E-state index is 13.3. The Labute approximate surface area is 227 Å². The Hall–Kier alpha value is -3.72. The average molecular weight is 538 g/mol. The molecule has 2 amide bonds. The minimum Gasteiger partial charge on any atom is -0.445 e. The number of esters is 1. The summed E-state index contributed by atoms with van der Waals surface area (Å²) in [5, 5.41) is 7.71. The lowest BCUT2D eigenvalue weighted by Crippen LogP contribution is -2.48. The van der Waals surface area contributed by atoms with Gasteiger partial charge in [0.15, 0.2) is 0 Å². The van der Waals surface area contributed by atoms with E-state index < -0.39 is 24.1 Å². The molecule has 0 aliphatic heterocycles. The number of hydrogen-bond donors (Lipinski definition) is 2. The summed E-state index contributed by atoms with van der Waals surface area (Å²) in [7, 11) is 0. The Morgan fingerprint density at radius 1 is 0.868 bits per heavy atom. The van der Waals surface area contributed by atoms with E-state index >= 15 is 0 Å². The number of carbonyl (C=O) groups is 3. The van der Waals surface area contributed by atoms with Gasteiger partial charge in [0.2, 0.25) is 10.9 Å². The van der Waals surface area contributed by atoms with E-state index in [-0.39, 0.29) is 29.4 Å². The first kappa shape index (κ1) is 28.8. The van der Waals surface area contributed by atoms with Crippen LogP contribution in [0, 0.1) is 11.8 Å². The number of thiazole rings is 1. The van der Waals surface area contributed by atoms with Gasteiger partial charge in [-0.25, -0.2) is 14.6 Å². The van der Waals surface area contributed by atoms with Gasteiger partial charge < -0.3 is 20.1 Å². The monoisotopic (exact) mass is 537 g/mol. The molecule has 2 aromatic carbocycles. The Morgan fingerprint density at radius 3 is 2.13 bits per heavy atom. The number of carbonyl (C=O) groups excluding carboxylic acids is 3. The van der Waals surface area contributed by atoms with E-state index in [0.29, 0.717) is 24.3 Å². The van der Waals surface area contributed by atoms with Crippen LogP contribution in [0.4, 0.5) is 4.79 Å². The molecule has 2 atom stereocenters. The molecule has 2 unspecified atom stereocenters. The van der Waals surface area contributed by atoms with Gasteiger partial charge in [-0.05, 0) is 42.4 Å². The molecule has 8 nitrogen and oxygen atoms in total. The van der Waals surface area contributed by atoms with E-state index in [4.69, 9.17) is 9.47 Å². The summed E-state index contributed by atoms with van der Waals surface area (Å²) >= 11 is 1.17. The van der Waals surface area contributed by atoms with Crippen molar-refractivity contribution < 1.29 is 23.9 Å². The van der Waals surface area contributed by atoms with Crippen molar-refractivity contribution in [2.45, 2.75) is 59.2 Å². The van der Waals surface area contributed by atoms with Crippen molar-refractivity contribution in [1.29, 1.82) is 0 Å². The predicted octanol–water partition coefficient (Wildman–Crippen LogP) is 5.91. The van der Waals surface area contributed by atoms with Gasteiger partial charge in [0, 0.05) is 5.38 Å². The SMILES string of the molecule is CC(C)CC(NC(=O)OCc1ccccc1)C(=O)NC(CC(C)C)c1csc(C(=O)Oc2ccccc2)n1. The molecule has 3 rings (SSSR count). The quantitative estimate of drug-likeness (QED) is 0.220. The lowest BCUT2D eigenvalue weighted by Gasteiger charge is -2.24. The third-order valence-electron chi connectivity index (χ3n) is 5.56. The highest BCUT2D eigenvalue weighted by molar-refractivity contribution is 7.11. The molecule has 1 heterocycles. The van der Waals surface area contributed by atoms with Crippen LogP contribution in [0.15, 0.2) is 66.0 Å². The largest absolute Gasteiger partial charge is 0.445 e. The first-order valence-electron chi connectivity index (χ1n) is 12.7. The van der Waals surface area contributed by atoms with Crippen LogP contribution in [0.2, 0.25) is 0 Å². The number of ether oxygens (including phenoxy) is 2. The number of amides is 2. The molecule has 0 aliphatic rings. The molecule has 0 fully saturated rings. The Bertz CT molecular complexity index is 1180. The van der Waals surface area contributed by atoms with Gasteiger partial charge in [-0.3, -0.25) is 4.79 Å². The lowest BCUT2D eigenvalue weighted by molar-refractivity contribution is -0.124. The van der Waals surface area contributed by atoms with Crippen molar-refractivity contribution in [3.05, 3.63) is 82.3 Å². The van der Waals surface area contributed by atoms with Crippen LogP contribution in [0.25, 0.3) is 0 Å². The molecule has 0 spiro atoms. The van der Waals surface area contributed by atoms with E-state index in [2.05, 4.69) is 15.6 Å². The zero-order chi connectivity index (χ0) is 27.5. The number of alkyl carbamates (subject to hydrolysis) is 1. The molecular weight excluding hydrogens is 502 g/mol. The molecule has 0 saturated carbocycles. The minimum atomic E-state index is -0.783. The highest BCUT2D eigenvalue weighted by Gasteiger charge is 2.27. The van der Waals surface area contributed by atoms with Crippen LogP contribution < -0.4 is 15.4 Å². The highest BCUT2D eigenvalue weighted by atomic mass is 32.1. The molecule has 1 aromatic heterocycles. The molecule has 0 aliphatic carbocycles. The van der Waals surface area contributed by atoms with Crippen LogP contribution in [-0.2, 0) is 16.1 Å². The number of nitrogens with zero attached hydrogens (tertiary/aromatic N) is 1. The first-order chi connectivity index (χ1) is 18.2. The van der Waals surface area contributed by atoms with Gasteiger partial charge in [-0.1, -0.05) is 76.2 Å². The third-order valence-corrected chi connectivity index (χ3v) is 6.40. The second-order valence-corrected chi connectivity index (χ2v) is 10.7. The van der Waals surface area contributed by atoms with Crippen LogP contribution in [-0.4, -0.2) is 29.0 Å². The molecule has 38 heavy (non-hydrogen) atoms. The fourth-order valence-electron chi connectivity index (χ4n) is 3.79. The average Bonchev–Trinajstić information content (AvgIpc) is 3.38. The normalized spacial score (nSPS) is 12.6. The maximum Gasteiger partial charge on any atom is 0.408 e. The summed E-state index contributed by atoms with van der Waals surface area (Å²) in [4.78, 5) is 42.9. The maximum absolute atomic E-state index is 13.3. The summed E-state index contributed by atoms with van der Waals surface area (Å²) in [6.45, 7) is 8.16. The molecule has 202 valence electrons. The second kappa shape index (κ2) is 14.3. The molecule has 0 bridgehead atoms. The summed E-state index contributed by atoms with van der Waals surface area (Å²) in [6.07, 6.45) is 0.386. The van der Waals surface area contributed by atoms with E-state index in [9.17, 15) is 14.4 Å². The van der Waals surface area contributed by atoms with Crippen molar-refractivity contribution in [2.24, 2.45) is 11.8 Å². The van der Waals surface area contributed by atoms with Gasteiger partial charge in [0.25, 0.3) is 0 Å². The van der Waals surface area contributed by atoms with E-state index in [1.165, 1.54) is 11.3 Å². The van der Waals surface area contributed by atoms with Crippen LogP contribution in [0.3, 0.4) is 0 Å². The Balaban J connectivity index is 1.67. The highest BCUT2D eigenvalue weighted by Crippen LogP contribution is 2.25. The van der Waals surface area contributed by atoms with E-state index in [0.717, 1.165) is 5.56 Å². The Morgan fingerprint density at radius 2 is 1.50 bits per heavy atom. The van der Waals surface area contributed by atoms with Crippen LogP contribution in [0.5, 0.6) is 5.75 Å². The fraction of sp³-hybridized carbons (Fsp3) is 0.379. The minimum absolute atomic E-state index is 0.110. The number of benzene rings is 2. The molecule has 0 saturated heterocycles. The predicted molar refractivity (Wildman–Crippen MR) is 147 cm³/mol. The van der Waals surface area contributed by atoms with Crippen LogP contribution >= 0.6 is 11.3 Å². The van der Waals surface area contributed by atoms with Gasteiger partial charge >= 0.3 is 12.1 Å². The third kappa shape index (κ3) is 9.30. The fourth-order valence-corrected chi connectivity index (χ4v) is 4.53. The molecule has 9 heteroatoms. The summed E-state index contributed by atoms with van der Waals surface area (Å²) in [6, 6.07) is 16.9. The zero-order valence-corrected chi connectivity index (χ0v) is 23.0. The standard InChI is InChI=1S/C29H35N3O5S/c1-19(2)15-23(25-18-38-27(31-25)28(34)37-22-13-9-6-10-14-22)30-26(33)24(16-20(3)4)32-29(35)36-17-21-11-7-5-8-12-21/h5-14,18-20,23-24H,15-17H2,1-4H3,(H,30,33)(H,32,35). The van der Waals surface area contributed by atoms with Crippen molar-refractivity contribution in [2.75, 3.05) is 0 Å². The molecule has 2 N–H and O–H groups in total. The Kier molecular flexibility index (Phi) is 10.8. The summed E-state index contributed by atoms with van der Waals surface area (Å²) in [5.41, 5.74) is 1.43. The smallest absolute Gasteiger partial charge is 0.408 e. The van der Waals surface area contributed by atoms with Crippen molar-refractivity contribution in [1.82, 2.24) is 15.6 Å². The van der Waals surface area contributed by atoms with Gasteiger partial charge in [-0.15, -0.1) is 11.3 Å². The van der Waals surface area contributed by atoms with Gasteiger partial charge in [0.1, 0.15) is 18.4 Å². The number of nitrogens with one attached hydrogen (secondary N) is 2. The molecule has 0 radical (unpaired) electrons. The molecular formula is C29H35N3O5S. The lowest BCUT2D eigenvalue weighted by atomic mass is 9.99. The van der Waals surface area contributed by atoms with Crippen molar-refractivity contribution >= 4 is 29.3 Å². The van der Waals surface area contributed by atoms with Gasteiger partial charge in [-0.2, -0.15) is 0 Å². The summed E-state index contributed by atoms with van der Waals surface area (Å²) in [5.74, 6) is -0.0514. The topological polar surface area (TPSA) is 107 Å². The molecule has 3 aromatic rings. The number of hydrogen-bond acceptors (Lipinski definition) is 7.